The van der Waals surface area contributed by atoms with E-state index in [4.69, 9.17) is 11.6 Å². The third-order valence-corrected chi connectivity index (χ3v) is 6.63. The number of rotatable bonds is 6. The van der Waals surface area contributed by atoms with Crippen LogP contribution in [0.2, 0.25) is 0 Å². The van der Waals surface area contributed by atoms with Gasteiger partial charge >= 0.3 is 0 Å². The van der Waals surface area contributed by atoms with Gasteiger partial charge in [0.05, 0.1) is 0 Å². The van der Waals surface area contributed by atoms with E-state index >= 15 is 0 Å². The summed E-state index contributed by atoms with van der Waals surface area (Å²) in [6, 6.07) is 13.2. The van der Waals surface area contributed by atoms with Crippen LogP contribution in [0.1, 0.15) is 43.7 Å². The summed E-state index contributed by atoms with van der Waals surface area (Å²) in [6.07, 6.45) is 9.13. The number of halogens is 2. The molecule has 1 amide bonds. The van der Waals surface area contributed by atoms with Gasteiger partial charge in [0.25, 0.3) is 5.91 Å². The van der Waals surface area contributed by atoms with E-state index < -0.39 is 0 Å². The maximum absolute atomic E-state index is 14.8. The highest BCUT2D eigenvalue weighted by atomic mass is 35.5. The van der Waals surface area contributed by atoms with Crippen LogP contribution in [0.5, 0.6) is 0 Å². The van der Waals surface area contributed by atoms with Gasteiger partial charge in [0.1, 0.15) is 11.0 Å². The standard InChI is InChI=1S/C28H28ClFN2O/c1-4-22(23-10-5-6-11-24(23)25-13-12-18(2)16-26(25)30)27(29)32-15-14-20(17-19(32)3)28(33)31-21-8-7-9-21/h5-6,10-17,21H,3-4,7-9H2,1-2H3,(H,31,33)/b27-22+. The van der Waals surface area contributed by atoms with E-state index in [1.54, 1.807) is 35.4 Å². The fraction of sp³-hybridized carbons (Fsp3) is 0.250. The van der Waals surface area contributed by atoms with E-state index in [1.807, 2.05) is 44.2 Å². The quantitative estimate of drug-likeness (QED) is 0.466. The van der Waals surface area contributed by atoms with Crippen LogP contribution in [0.15, 0.2) is 83.8 Å². The molecule has 33 heavy (non-hydrogen) atoms. The Morgan fingerprint density at radius 3 is 2.61 bits per heavy atom. The van der Waals surface area contributed by atoms with Crippen molar-refractivity contribution in [2.45, 2.75) is 45.6 Å². The Morgan fingerprint density at radius 1 is 1.21 bits per heavy atom. The molecular weight excluding hydrogens is 435 g/mol. The van der Waals surface area contributed by atoms with E-state index in [1.165, 1.54) is 0 Å². The molecule has 1 aliphatic carbocycles. The predicted molar refractivity (Wildman–Crippen MR) is 134 cm³/mol. The number of carbonyl (C=O) groups excluding carboxylic acids is 1. The molecule has 1 saturated carbocycles. The maximum Gasteiger partial charge on any atom is 0.251 e. The van der Waals surface area contributed by atoms with E-state index in [9.17, 15) is 9.18 Å². The van der Waals surface area contributed by atoms with E-state index in [0.29, 0.717) is 28.4 Å². The highest BCUT2D eigenvalue weighted by Gasteiger charge is 2.24. The zero-order valence-corrected chi connectivity index (χ0v) is 19.8. The average Bonchev–Trinajstić information content (AvgIpc) is 2.77. The first-order chi connectivity index (χ1) is 15.9. The summed E-state index contributed by atoms with van der Waals surface area (Å²) in [5.41, 5.74) is 5.10. The molecule has 1 heterocycles. The fourth-order valence-electron chi connectivity index (χ4n) is 4.11. The highest BCUT2D eigenvalue weighted by Crippen LogP contribution is 2.37. The molecule has 0 unspecified atom stereocenters. The second-order valence-corrected chi connectivity index (χ2v) is 8.89. The molecular formula is C28H28ClFN2O. The number of hydrogen-bond donors (Lipinski definition) is 1. The van der Waals surface area contributed by atoms with Gasteiger partial charge in [-0.15, -0.1) is 0 Å². The molecule has 170 valence electrons. The van der Waals surface area contributed by atoms with Crippen LogP contribution in [0, 0.1) is 12.7 Å². The molecule has 4 rings (SSSR count). The van der Waals surface area contributed by atoms with Crippen molar-refractivity contribution in [3.63, 3.8) is 0 Å². The summed E-state index contributed by atoms with van der Waals surface area (Å²) in [4.78, 5) is 14.3. The molecule has 2 aromatic rings. The van der Waals surface area contributed by atoms with Gasteiger partial charge in [-0.1, -0.05) is 61.5 Å². The number of allylic oxidation sites excluding steroid dienone is 2. The van der Waals surface area contributed by atoms with Gasteiger partial charge in [-0.3, -0.25) is 4.79 Å². The number of nitrogens with one attached hydrogen (secondary N) is 1. The van der Waals surface area contributed by atoms with Gasteiger partial charge < -0.3 is 10.2 Å². The Balaban J connectivity index is 1.66. The monoisotopic (exact) mass is 462 g/mol. The van der Waals surface area contributed by atoms with Gasteiger partial charge in [-0.25, -0.2) is 4.39 Å². The Kier molecular flexibility index (Phi) is 6.85. The normalized spacial score (nSPS) is 16.8. The van der Waals surface area contributed by atoms with Crippen LogP contribution in [-0.4, -0.2) is 16.8 Å². The second-order valence-electron chi connectivity index (χ2n) is 8.53. The number of hydrogen-bond acceptors (Lipinski definition) is 2. The van der Waals surface area contributed by atoms with Crippen molar-refractivity contribution in [1.29, 1.82) is 0 Å². The lowest BCUT2D eigenvalue weighted by Gasteiger charge is -2.29. The van der Waals surface area contributed by atoms with Gasteiger partial charge in [-0.2, -0.15) is 0 Å². The zero-order chi connectivity index (χ0) is 23.5. The molecule has 5 heteroatoms. The van der Waals surface area contributed by atoms with E-state index in [0.717, 1.165) is 41.5 Å². The Hall–Kier alpha value is -3.11. The average molecular weight is 463 g/mol. The molecule has 1 N–H and O–H groups in total. The van der Waals surface area contributed by atoms with Gasteiger partial charge in [-0.05, 0) is 73.1 Å². The molecule has 2 aliphatic rings. The molecule has 0 aromatic heterocycles. The molecule has 0 atom stereocenters. The van der Waals surface area contributed by atoms with Crippen molar-refractivity contribution < 1.29 is 9.18 Å². The first-order valence-corrected chi connectivity index (χ1v) is 11.7. The summed E-state index contributed by atoms with van der Waals surface area (Å²) in [5, 5.41) is 3.53. The Bertz CT molecular complexity index is 1190. The number of aryl methyl sites for hydroxylation is 1. The molecule has 0 saturated heterocycles. The van der Waals surface area contributed by atoms with Crippen molar-refractivity contribution >= 4 is 23.1 Å². The highest BCUT2D eigenvalue weighted by molar-refractivity contribution is 6.32. The van der Waals surface area contributed by atoms with Gasteiger partial charge in [0.15, 0.2) is 0 Å². The van der Waals surface area contributed by atoms with Gasteiger partial charge in [0.2, 0.25) is 0 Å². The second kappa shape index (κ2) is 9.80. The molecule has 0 bridgehead atoms. The predicted octanol–water partition coefficient (Wildman–Crippen LogP) is 7.06. The smallest absolute Gasteiger partial charge is 0.251 e. The Morgan fingerprint density at radius 2 is 1.97 bits per heavy atom. The number of benzene rings is 2. The van der Waals surface area contributed by atoms with Crippen molar-refractivity contribution in [1.82, 2.24) is 10.2 Å². The van der Waals surface area contributed by atoms with E-state index in [-0.39, 0.29) is 17.8 Å². The lowest BCUT2D eigenvalue weighted by molar-refractivity contribution is -0.118. The molecule has 1 aliphatic heterocycles. The summed E-state index contributed by atoms with van der Waals surface area (Å²) in [5.74, 6) is -0.353. The minimum absolute atomic E-state index is 0.0900. The minimum atomic E-state index is -0.263. The Labute approximate surface area is 199 Å². The van der Waals surface area contributed by atoms with Crippen LogP contribution in [-0.2, 0) is 4.79 Å². The van der Waals surface area contributed by atoms with Crippen LogP contribution >= 0.6 is 11.6 Å². The number of amides is 1. The van der Waals surface area contributed by atoms with Crippen LogP contribution in [0.4, 0.5) is 4.39 Å². The zero-order valence-electron chi connectivity index (χ0n) is 19.0. The summed E-state index contributed by atoms with van der Waals surface area (Å²) >= 11 is 6.89. The lowest BCUT2D eigenvalue weighted by atomic mass is 9.92. The van der Waals surface area contributed by atoms with Crippen molar-refractivity contribution in [2.24, 2.45) is 0 Å². The summed E-state index contributed by atoms with van der Waals surface area (Å²) in [6.45, 7) is 8.01. The topological polar surface area (TPSA) is 32.3 Å². The van der Waals surface area contributed by atoms with E-state index in [2.05, 4.69) is 11.9 Å². The minimum Gasteiger partial charge on any atom is -0.349 e. The van der Waals surface area contributed by atoms with Crippen LogP contribution in [0.25, 0.3) is 16.7 Å². The molecule has 2 aromatic carbocycles. The summed E-state index contributed by atoms with van der Waals surface area (Å²) in [7, 11) is 0. The van der Waals surface area contributed by atoms with Gasteiger partial charge in [0, 0.05) is 29.1 Å². The number of nitrogens with zero attached hydrogens (tertiary/aromatic N) is 1. The summed E-state index contributed by atoms with van der Waals surface area (Å²) < 4.78 is 14.8. The molecule has 0 spiro atoms. The largest absolute Gasteiger partial charge is 0.349 e. The molecule has 3 nitrogen and oxygen atoms in total. The van der Waals surface area contributed by atoms with Crippen molar-refractivity contribution in [3.05, 3.63) is 101 Å². The van der Waals surface area contributed by atoms with Crippen molar-refractivity contribution in [2.75, 3.05) is 0 Å². The van der Waals surface area contributed by atoms with Crippen molar-refractivity contribution in [3.8, 4) is 11.1 Å². The molecule has 0 radical (unpaired) electrons. The fourth-order valence-corrected chi connectivity index (χ4v) is 4.51. The lowest BCUT2D eigenvalue weighted by Crippen LogP contribution is -2.40. The first-order valence-electron chi connectivity index (χ1n) is 11.3. The maximum atomic E-state index is 14.8. The van der Waals surface area contributed by atoms with Crippen LogP contribution < -0.4 is 5.32 Å². The first kappa shape index (κ1) is 23.1. The van der Waals surface area contributed by atoms with Crippen LogP contribution in [0.3, 0.4) is 0 Å². The third kappa shape index (κ3) is 4.81. The third-order valence-electron chi connectivity index (χ3n) is 6.22. The SMILES string of the molecule is C=C1C=C(C(=O)NC2CCC2)C=CN1/C(Cl)=C(\CC)c1ccccc1-c1ccc(C)cc1F. The molecule has 1 fully saturated rings. The number of carbonyl (C=O) groups is 1.